The SMILES string of the molecule is CNc1nc(Nc2ccc3cnn(C)c3c2)nc2[nH]ccc12. The zero-order valence-corrected chi connectivity index (χ0v) is 12.3. The standard InChI is InChI=1S/C15H15N7/c1-16-13-11-5-6-17-14(11)21-15(20-13)19-10-4-3-9-8-18-22(2)12(9)7-10/h3-8H,1-2H3,(H3,16,17,19,20,21). The molecule has 0 aliphatic heterocycles. The molecule has 3 heterocycles. The van der Waals surface area contributed by atoms with E-state index in [4.69, 9.17) is 0 Å². The van der Waals surface area contributed by atoms with E-state index in [1.807, 2.05) is 55.4 Å². The summed E-state index contributed by atoms with van der Waals surface area (Å²) in [5.74, 6) is 1.33. The molecule has 3 aromatic heterocycles. The van der Waals surface area contributed by atoms with Gasteiger partial charge in [0.2, 0.25) is 5.95 Å². The molecule has 110 valence electrons. The molecule has 0 aliphatic rings. The zero-order valence-electron chi connectivity index (χ0n) is 12.3. The van der Waals surface area contributed by atoms with Gasteiger partial charge in [0.15, 0.2) is 0 Å². The minimum atomic E-state index is 0.542. The van der Waals surface area contributed by atoms with E-state index in [0.29, 0.717) is 5.95 Å². The molecule has 0 unspecified atom stereocenters. The average molecular weight is 293 g/mol. The molecule has 0 atom stereocenters. The maximum absolute atomic E-state index is 4.50. The van der Waals surface area contributed by atoms with Gasteiger partial charge in [-0.1, -0.05) is 0 Å². The number of hydrogen-bond acceptors (Lipinski definition) is 5. The van der Waals surface area contributed by atoms with Crippen LogP contribution in [0.5, 0.6) is 0 Å². The average Bonchev–Trinajstić information content (AvgIpc) is 3.14. The predicted octanol–water partition coefficient (Wildman–Crippen LogP) is 2.63. The highest BCUT2D eigenvalue weighted by Crippen LogP contribution is 2.24. The van der Waals surface area contributed by atoms with Crippen LogP contribution in [-0.2, 0) is 7.05 Å². The van der Waals surface area contributed by atoms with Gasteiger partial charge in [0.05, 0.1) is 17.1 Å². The van der Waals surface area contributed by atoms with E-state index in [1.165, 1.54) is 0 Å². The molecule has 0 fully saturated rings. The van der Waals surface area contributed by atoms with Crippen molar-refractivity contribution >= 4 is 39.4 Å². The largest absolute Gasteiger partial charge is 0.372 e. The van der Waals surface area contributed by atoms with Gasteiger partial charge in [-0.15, -0.1) is 0 Å². The predicted molar refractivity (Wildman–Crippen MR) is 87.4 cm³/mol. The summed E-state index contributed by atoms with van der Waals surface area (Å²) in [6.45, 7) is 0. The second-order valence-corrected chi connectivity index (χ2v) is 5.05. The summed E-state index contributed by atoms with van der Waals surface area (Å²) < 4.78 is 1.84. The molecule has 1 aromatic carbocycles. The van der Waals surface area contributed by atoms with Crippen molar-refractivity contribution in [2.45, 2.75) is 0 Å². The lowest BCUT2D eigenvalue weighted by atomic mass is 10.2. The Morgan fingerprint density at radius 1 is 1.18 bits per heavy atom. The van der Waals surface area contributed by atoms with Gasteiger partial charge in [-0.05, 0) is 24.3 Å². The first kappa shape index (κ1) is 12.6. The molecule has 22 heavy (non-hydrogen) atoms. The number of aromatic nitrogens is 5. The molecular formula is C15H15N7. The summed E-state index contributed by atoms with van der Waals surface area (Å²) in [6, 6.07) is 8.00. The normalized spacial score (nSPS) is 11.2. The van der Waals surface area contributed by atoms with Gasteiger partial charge < -0.3 is 15.6 Å². The number of fused-ring (bicyclic) bond motifs is 2. The van der Waals surface area contributed by atoms with Crippen molar-refractivity contribution in [1.29, 1.82) is 0 Å². The number of hydrogen-bond donors (Lipinski definition) is 3. The van der Waals surface area contributed by atoms with E-state index in [0.717, 1.165) is 33.4 Å². The summed E-state index contributed by atoms with van der Waals surface area (Å²) in [5, 5.41) is 12.7. The summed E-state index contributed by atoms with van der Waals surface area (Å²) in [4.78, 5) is 12.1. The fraction of sp³-hybridized carbons (Fsp3) is 0.133. The molecule has 7 nitrogen and oxygen atoms in total. The van der Waals surface area contributed by atoms with Crippen molar-refractivity contribution in [2.24, 2.45) is 7.05 Å². The number of nitrogens with one attached hydrogen (secondary N) is 3. The van der Waals surface area contributed by atoms with Crippen LogP contribution >= 0.6 is 0 Å². The molecule has 4 rings (SSSR count). The number of rotatable bonds is 3. The highest BCUT2D eigenvalue weighted by atomic mass is 15.2. The summed E-state index contributed by atoms with van der Waals surface area (Å²) in [6.07, 6.45) is 3.70. The van der Waals surface area contributed by atoms with Crippen LogP contribution in [0.1, 0.15) is 0 Å². The first-order chi connectivity index (χ1) is 10.7. The fourth-order valence-corrected chi connectivity index (χ4v) is 2.54. The maximum Gasteiger partial charge on any atom is 0.231 e. The minimum Gasteiger partial charge on any atom is -0.372 e. The highest BCUT2D eigenvalue weighted by Gasteiger charge is 2.08. The Hall–Kier alpha value is -3.09. The van der Waals surface area contributed by atoms with Crippen LogP contribution in [-0.4, -0.2) is 31.8 Å². The van der Waals surface area contributed by atoms with E-state index < -0.39 is 0 Å². The topological polar surface area (TPSA) is 83.4 Å². The maximum atomic E-state index is 4.50. The van der Waals surface area contributed by atoms with E-state index in [9.17, 15) is 0 Å². The Kier molecular flexibility index (Phi) is 2.72. The zero-order chi connectivity index (χ0) is 15.1. The van der Waals surface area contributed by atoms with Crippen molar-refractivity contribution < 1.29 is 0 Å². The Bertz CT molecular complexity index is 967. The van der Waals surface area contributed by atoms with Crippen LogP contribution < -0.4 is 10.6 Å². The van der Waals surface area contributed by atoms with Gasteiger partial charge >= 0.3 is 0 Å². The molecule has 4 aromatic rings. The third kappa shape index (κ3) is 1.95. The van der Waals surface area contributed by atoms with Crippen molar-refractivity contribution in [2.75, 3.05) is 17.7 Å². The van der Waals surface area contributed by atoms with Crippen LogP contribution in [0, 0.1) is 0 Å². The Balaban J connectivity index is 1.76. The number of aryl methyl sites for hydroxylation is 1. The van der Waals surface area contributed by atoms with Gasteiger partial charge in [0.1, 0.15) is 11.5 Å². The summed E-state index contributed by atoms with van der Waals surface area (Å²) in [5.41, 5.74) is 2.77. The number of benzene rings is 1. The summed E-state index contributed by atoms with van der Waals surface area (Å²) >= 11 is 0. The van der Waals surface area contributed by atoms with Crippen LogP contribution in [0.4, 0.5) is 17.5 Å². The van der Waals surface area contributed by atoms with Crippen LogP contribution in [0.15, 0.2) is 36.7 Å². The fourth-order valence-electron chi connectivity index (χ4n) is 2.54. The molecule has 0 saturated carbocycles. The first-order valence-corrected chi connectivity index (χ1v) is 6.96. The van der Waals surface area contributed by atoms with Gasteiger partial charge in [-0.2, -0.15) is 15.1 Å². The monoisotopic (exact) mass is 293 g/mol. The second kappa shape index (κ2) is 4.73. The number of H-pyrrole nitrogens is 1. The lowest BCUT2D eigenvalue weighted by Gasteiger charge is -2.08. The van der Waals surface area contributed by atoms with Crippen LogP contribution in [0.2, 0.25) is 0 Å². The number of aromatic amines is 1. The molecule has 0 aliphatic carbocycles. The van der Waals surface area contributed by atoms with Crippen LogP contribution in [0.3, 0.4) is 0 Å². The number of nitrogens with zero attached hydrogens (tertiary/aromatic N) is 4. The van der Waals surface area contributed by atoms with Gasteiger partial charge in [0, 0.05) is 31.4 Å². The molecule has 7 heteroatoms. The highest BCUT2D eigenvalue weighted by molar-refractivity contribution is 5.88. The Labute approximate surface area is 126 Å². The Morgan fingerprint density at radius 3 is 2.95 bits per heavy atom. The molecule has 0 spiro atoms. The van der Waals surface area contributed by atoms with Crippen molar-refractivity contribution in [1.82, 2.24) is 24.7 Å². The second-order valence-electron chi connectivity index (χ2n) is 5.05. The molecular weight excluding hydrogens is 278 g/mol. The van der Waals surface area contributed by atoms with Gasteiger partial charge in [-0.25, -0.2) is 0 Å². The van der Waals surface area contributed by atoms with Crippen molar-refractivity contribution in [3.05, 3.63) is 36.7 Å². The van der Waals surface area contributed by atoms with Crippen molar-refractivity contribution in [3.8, 4) is 0 Å². The molecule has 0 saturated heterocycles. The van der Waals surface area contributed by atoms with E-state index in [-0.39, 0.29) is 0 Å². The molecule has 3 N–H and O–H groups in total. The molecule has 0 amide bonds. The lowest BCUT2D eigenvalue weighted by Crippen LogP contribution is -2.01. The van der Waals surface area contributed by atoms with Gasteiger partial charge in [-0.3, -0.25) is 4.68 Å². The minimum absolute atomic E-state index is 0.542. The van der Waals surface area contributed by atoms with E-state index >= 15 is 0 Å². The third-order valence-corrected chi connectivity index (χ3v) is 3.66. The quantitative estimate of drug-likeness (QED) is 0.541. The summed E-state index contributed by atoms with van der Waals surface area (Å²) in [7, 11) is 3.77. The molecule has 0 radical (unpaired) electrons. The van der Waals surface area contributed by atoms with E-state index in [1.54, 1.807) is 0 Å². The van der Waals surface area contributed by atoms with Crippen molar-refractivity contribution in [3.63, 3.8) is 0 Å². The number of anilines is 3. The lowest BCUT2D eigenvalue weighted by molar-refractivity contribution is 0.797. The van der Waals surface area contributed by atoms with Gasteiger partial charge in [0.25, 0.3) is 0 Å². The van der Waals surface area contributed by atoms with Crippen LogP contribution in [0.25, 0.3) is 21.9 Å². The smallest absolute Gasteiger partial charge is 0.231 e. The molecule has 0 bridgehead atoms. The van der Waals surface area contributed by atoms with E-state index in [2.05, 4.69) is 30.7 Å². The first-order valence-electron chi connectivity index (χ1n) is 6.96. The Morgan fingerprint density at radius 2 is 2.09 bits per heavy atom. The third-order valence-electron chi connectivity index (χ3n) is 3.66.